The molecule has 0 saturated carbocycles. The smallest absolute Gasteiger partial charge is 0.260 e. The van der Waals surface area contributed by atoms with Crippen molar-refractivity contribution in [2.75, 3.05) is 19.6 Å². The lowest BCUT2D eigenvalue weighted by molar-refractivity contribution is 0.474. The maximum absolute atomic E-state index is 12.3. The lowest BCUT2D eigenvalue weighted by Crippen LogP contribution is -2.28. The highest BCUT2D eigenvalue weighted by molar-refractivity contribution is 7.89. The molecule has 0 bridgehead atoms. The first-order valence-electron chi connectivity index (χ1n) is 6.80. The van der Waals surface area contributed by atoms with Crippen molar-refractivity contribution in [2.45, 2.75) is 37.8 Å². The first kappa shape index (κ1) is 14.4. The van der Waals surface area contributed by atoms with E-state index in [2.05, 4.69) is 17.2 Å². The van der Waals surface area contributed by atoms with Gasteiger partial charge >= 0.3 is 0 Å². The summed E-state index contributed by atoms with van der Waals surface area (Å²) in [4.78, 5) is 4.10. The third-order valence-corrected chi connectivity index (χ3v) is 5.04. The molecule has 1 aromatic heterocycles. The van der Waals surface area contributed by atoms with Crippen LogP contribution in [0.15, 0.2) is 23.4 Å². The third-order valence-electron chi connectivity index (χ3n) is 3.22. The van der Waals surface area contributed by atoms with E-state index in [0.717, 1.165) is 37.9 Å². The molecule has 19 heavy (non-hydrogen) atoms. The van der Waals surface area contributed by atoms with Gasteiger partial charge in [-0.25, -0.2) is 13.4 Å². The van der Waals surface area contributed by atoms with E-state index in [0.29, 0.717) is 13.1 Å². The summed E-state index contributed by atoms with van der Waals surface area (Å²) in [5.74, 6) is 0. The van der Waals surface area contributed by atoms with E-state index in [4.69, 9.17) is 0 Å². The summed E-state index contributed by atoms with van der Waals surface area (Å²) in [6, 6.07) is 3.44. The zero-order chi connectivity index (χ0) is 13.7. The molecule has 1 aliphatic heterocycles. The minimum atomic E-state index is -3.38. The molecule has 1 aromatic rings. The molecule has 0 amide bonds. The summed E-state index contributed by atoms with van der Waals surface area (Å²) in [5, 5.41) is 3.43. The van der Waals surface area contributed by atoms with Gasteiger partial charge in [-0.1, -0.05) is 13.0 Å². The molecule has 1 N–H and O–H groups in total. The highest BCUT2D eigenvalue weighted by atomic mass is 32.2. The van der Waals surface area contributed by atoms with Gasteiger partial charge in [-0.05, 0) is 37.4 Å². The highest BCUT2D eigenvalue weighted by Gasteiger charge is 2.27. The Morgan fingerprint density at radius 1 is 1.32 bits per heavy atom. The quantitative estimate of drug-likeness (QED) is 0.801. The van der Waals surface area contributed by atoms with Crippen LogP contribution in [0.3, 0.4) is 0 Å². The molecule has 2 heterocycles. The van der Waals surface area contributed by atoms with Crippen molar-refractivity contribution in [3.63, 3.8) is 0 Å². The van der Waals surface area contributed by atoms with Gasteiger partial charge in [-0.2, -0.15) is 4.31 Å². The van der Waals surface area contributed by atoms with E-state index < -0.39 is 10.0 Å². The zero-order valence-corrected chi connectivity index (χ0v) is 12.1. The summed E-state index contributed by atoms with van der Waals surface area (Å²) in [5.41, 5.74) is 1.01. The molecule has 0 aliphatic carbocycles. The number of aromatic nitrogens is 1. The maximum Gasteiger partial charge on any atom is 0.260 e. The van der Waals surface area contributed by atoms with E-state index in [9.17, 15) is 8.42 Å². The van der Waals surface area contributed by atoms with Gasteiger partial charge in [-0.15, -0.1) is 0 Å². The fourth-order valence-corrected chi connectivity index (χ4v) is 3.57. The van der Waals surface area contributed by atoms with Crippen molar-refractivity contribution < 1.29 is 8.42 Å². The van der Waals surface area contributed by atoms with Crippen LogP contribution in [0.4, 0.5) is 0 Å². The Morgan fingerprint density at radius 2 is 2.05 bits per heavy atom. The van der Waals surface area contributed by atoms with Crippen LogP contribution in [-0.4, -0.2) is 37.3 Å². The third kappa shape index (κ3) is 3.52. The number of hydrogen-bond acceptors (Lipinski definition) is 4. The van der Waals surface area contributed by atoms with Crippen LogP contribution < -0.4 is 5.32 Å². The van der Waals surface area contributed by atoms with Gasteiger partial charge in [0.25, 0.3) is 10.0 Å². The standard InChI is InChI=1S/C13H21N3O2S/c1-2-7-14-10-12-5-6-13(15-11-12)19(17,18)16-8-3-4-9-16/h5-6,11,14H,2-4,7-10H2,1H3. The fraction of sp³-hybridized carbons (Fsp3) is 0.615. The Hall–Kier alpha value is -0.980. The van der Waals surface area contributed by atoms with Crippen LogP contribution in [-0.2, 0) is 16.6 Å². The largest absolute Gasteiger partial charge is 0.313 e. The van der Waals surface area contributed by atoms with Gasteiger partial charge < -0.3 is 5.32 Å². The van der Waals surface area contributed by atoms with Gasteiger partial charge in [-0.3, -0.25) is 0 Å². The van der Waals surface area contributed by atoms with Crippen LogP contribution in [0.1, 0.15) is 31.7 Å². The Labute approximate surface area is 115 Å². The first-order valence-corrected chi connectivity index (χ1v) is 8.24. The number of nitrogens with zero attached hydrogens (tertiary/aromatic N) is 2. The Kier molecular flexibility index (Phi) is 4.90. The number of hydrogen-bond donors (Lipinski definition) is 1. The van der Waals surface area contributed by atoms with Crippen LogP contribution in [0.2, 0.25) is 0 Å². The highest BCUT2D eigenvalue weighted by Crippen LogP contribution is 2.19. The molecule has 106 valence electrons. The van der Waals surface area contributed by atoms with Crippen molar-refractivity contribution >= 4 is 10.0 Å². The van der Waals surface area contributed by atoms with Gasteiger partial charge in [0.2, 0.25) is 0 Å². The summed E-state index contributed by atoms with van der Waals surface area (Å²) in [6.45, 7) is 5.02. The van der Waals surface area contributed by atoms with E-state index in [1.807, 2.05) is 6.07 Å². The number of nitrogens with one attached hydrogen (secondary N) is 1. The average Bonchev–Trinajstić information content (AvgIpc) is 2.94. The number of sulfonamides is 1. The molecule has 2 rings (SSSR count). The van der Waals surface area contributed by atoms with Crippen molar-refractivity contribution in [1.82, 2.24) is 14.6 Å². The predicted octanol–water partition coefficient (Wildman–Crippen LogP) is 1.37. The Morgan fingerprint density at radius 3 is 2.63 bits per heavy atom. The van der Waals surface area contributed by atoms with Crippen molar-refractivity contribution in [3.05, 3.63) is 23.9 Å². The molecule has 1 saturated heterocycles. The van der Waals surface area contributed by atoms with E-state index in [-0.39, 0.29) is 5.03 Å². The van der Waals surface area contributed by atoms with Gasteiger partial charge in [0.1, 0.15) is 0 Å². The van der Waals surface area contributed by atoms with Gasteiger partial charge in [0.05, 0.1) is 0 Å². The summed E-state index contributed by atoms with van der Waals surface area (Å²) >= 11 is 0. The average molecular weight is 283 g/mol. The number of pyridine rings is 1. The molecular formula is C13H21N3O2S. The molecule has 6 heteroatoms. The maximum atomic E-state index is 12.3. The van der Waals surface area contributed by atoms with E-state index in [1.165, 1.54) is 4.31 Å². The minimum Gasteiger partial charge on any atom is -0.313 e. The second kappa shape index (κ2) is 6.45. The molecule has 0 spiro atoms. The molecule has 0 radical (unpaired) electrons. The van der Waals surface area contributed by atoms with Crippen molar-refractivity contribution in [1.29, 1.82) is 0 Å². The molecule has 0 unspecified atom stereocenters. The van der Waals surface area contributed by atoms with Crippen LogP contribution in [0, 0.1) is 0 Å². The van der Waals surface area contributed by atoms with E-state index in [1.54, 1.807) is 12.3 Å². The zero-order valence-electron chi connectivity index (χ0n) is 11.3. The number of rotatable bonds is 6. The Bertz CT molecular complexity index is 493. The summed E-state index contributed by atoms with van der Waals surface area (Å²) < 4.78 is 26.0. The topological polar surface area (TPSA) is 62.3 Å². The van der Waals surface area contributed by atoms with Gasteiger partial charge in [0, 0.05) is 25.8 Å². The lowest BCUT2D eigenvalue weighted by atomic mass is 10.3. The second-order valence-corrected chi connectivity index (χ2v) is 6.68. The van der Waals surface area contributed by atoms with Gasteiger partial charge in [0.15, 0.2) is 5.03 Å². The molecule has 5 nitrogen and oxygen atoms in total. The van der Waals surface area contributed by atoms with E-state index >= 15 is 0 Å². The SMILES string of the molecule is CCCNCc1ccc(S(=O)(=O)N2CCCC2)nc1. The molecule has 0 atom stereocenters. The van der Waals surface area contributed by atoms with Crippen LogP contribution in [0.25, 0.3) is 0 Å². The normalized spacial score (nSPS) is 16.9. The molecule has 1 aliphatic rings. The lowest BCUT2D eigenvalue weighted by Gasteiger charge is -2.14. The van der Waals surface area contributed by atoms with Crippen LogP contribution >= 0.6 is 0 Å². The monoisotopic (exact) mass is 283 g/mol. The van der Waals surface area contributed by atoms with Crippen molar-refractivity contribution in [3.8, 4) is 0 Å². The predicted molar refractivity (Wildman–Crippen MR) is 74.2 cm³/mol. The first-order chi connectivity index (χ1) is 9.14. The Balaban J connectivity index is 2.05. The van der Waals surface area contributed by atoms with Crippen LogP contribution in [0.5, 0.6) is 0 Å². The second-order valence-electron chi connectivity index (χ2n) is 4.79. The molecule has 1 fully saturated rings. The minimum absolute atomic E-state index is 0.161. The summed E-state index contributed by atoms with van der Waals surface area (Å²) in [6.07, 6.45) is 4.61. The van der Waals surface area contributed by atoms with Crippen molar-refractivity contribution in [2.24, 2.45) is 0 Å². The summed E-state index contributed by atoms with van der Waals surface area (Å²) in [7, 11) is -3.38. The molecular weight excluding hydrogens is 262 g/mol. The molecule has 0 aromatic carbocycles. The fourth-order valence-electron chi connectivity index (χ4n) is 2.14.